The molecule has 1 aromatic heterocycles. The molecule has 0 radical (unpaired) electrons. The van der Waals surface area contributed by atoms with Crippen molar-refractivity contribution in [3.8, 4) is 0 Å². The number of piperidine rings is 1. The molecule has 0 saturated carbocycles. The second-order valence-electron chi connectivity index (χ2n) is 8.28. The van der Waals surface area contributed by atoms with Gasteiger partial charge in [-0.2, -0.15) is 5.10 Å². The number of β-amino-alcohol motifs (C(OH)–C–C–N with tert-alkyl or cyclic N) is 1. The highest BCUT2D eigenvalue weighted by atomic mass is 16.3. The van der Waals surface area contributed by atoms with Crippen molar-refractivity contribution in [2.24, 2.45) is 7.05 Å². The van der Waals surface area contributed by atoms with E-state index in [9.17, 15) is 15.0 Å². The number of rotatable bonds is 6. The largest absolute Gasteiger partial charge is 0.390 e. The van der Waals surface area contributed by atoms with E-state index >= 15 is 0 Å². The second kappa shape index (κ2) is 8.26. The molecule has 1 aromatic carbocycles. The Balaban J connectivity index is 1.41. The van der Waals surface area contributed by atoms with E-state index in [1.165, 1.54) is 5.56 Å². The molecule has 1 amide bonds. The van der Waals surface area contributed by atoms with Crippen molar-refractivity contribution in [3.05, 3.63) is 52.8 Å². The summed E-state index contributed by atoms with van der Waals surface area (Å²) in [6.07, 6.45) is 2.91. The third-order valence-corrected chi connectivity index (χ3v) is 6.26. The molecular formula is C22H30N4O3. The molecule has 0 unspecified atom stereocenters. The van der Waals surface area contributed by atoms with Gasteiger partial charge in [0.1, 0.15) is 0 Å². The lowest BCUT2D eigenvalue weighted by Gasteiger charge is -2.41. The van der Waals surface area contributed by atoms with Crippen molar-refractivity contribution < 1.29 is 15.0 Å². The van der Waals surface area contributed by atoms with Crippen LogP contribution in [0.25, 0.3) is 0 Å². The monoisotopic (exact) mass is 398 g/mol. The number of hydrogen-bond donors (Lipinski definition) is 2. The van der Waals surface area contributed by atoms with Crippen LogP contribution in [0.3, 0.4) is 0 Å². The van der Waals surface area contributed by atoms with Crippen LogP contribution < -0.4 is 0 Å². The molecule has 29 heavy (non-hydrogen) atoms. The van der Waals surface area contributed by atoms with Crippen molar-refractivity contribution in [3.63, 3.8) is 0 Å². The van der Waals surface area contributed by atoms with E-state index in [-0.39, 0.29) is 12.5 Å². The number of aryl methyl sites for hydroxylation is 1. The number of hydrogen-bond acceptors (Lipinski definition) is 5. The Bertz CT molecular complexity index is 866. The van der Waals surface area contributed by atoms with Crippen LogP contribution in [-0.4, -0.2) is 67.5 Å². The molecule has 1 fully saturated rings. The number of likely N-dealkylation sites (tertiary alicyclic amines) is 1. The quantitative estimate of drug-likeness (QED) is 0.755. The summed E-state index contributed by atoms with van der Waals surface area (Å²) in [7, 11) is 1.90. The van der Waals surface area contributed by atoms with Crippen LogP contribution in [0.1, 0.15) is 35.4 Å². The van der Waals surface area contributed by atoms with Gasteiger partial charge in [0.15, 0.2) is 5.60 Å². The van der Waals surface area contributed by atoms with E-state index in [1.54, 1.807) is 0 Å². The maximum atomic E-state index is 13.1. The molecule has 4 rings (SSSR count). The highest BCUT2D eigenvalue weighted by Crippen LogP contribution is 2.28. The molecule has 2 aromatic rings. The minimum atomic E-state index is -1.34. The molecule has 3 heterocycles. The Hall–Kier alpha value is -2.22. The lowest BCUT2D eigenvalue weighted by Crippen LogP contribution is -2.59. The number of aliphatic hydroxyl groups excluding tert-OH is 1. The summed E-state index contributed by atoms with van der Waals surface area (Å²) in [5, 5.41) is 25.2. The summed E-state index contributed by atoms with van der Waals surface area (Å²) in [5.74, 6) is -0.154. The molecule has 0 spiro atoms. The molecular weight excluding hydrogens is 368 g/mol. The van der Waals surface area contributed by atoms with E-state index in [4.69, 9.17) is 0 Å². The Labute approximate surface area is 171 Å². The summed E-state index contributed by atoms with van der Waals surface area (Å²) in [5.41, 5.74) is 2.73. The number of carbonyl (C=O) groups excluding carboxylic acids is 1. The first-order valence-corrected chi connectivity index (χ1v) is 10.4. The zero-order valence-electron chi connectivity index (χ0n) is 17.0. The Morgan fingerprint density at radius 3 is 2.76 bits per heavy atom. The summed E-state index contributed by atoms with van der Waals surface area (Å²) in [6, 6.07) is 10.1. The SMILES string of the molecule is Cn1nc(CO)c2c1CCN(C[C@@]1(O)CCCN(CCc3ccccc3)C1=O)C2. The van der Waals surface area contributed by atoms with E-state index in [1.807, 2.05) is 34.8 Å². The number of carbonyl (C=O) groups is 1. The predicted octanol–water partition coefficient (Wildman–Crippen LogP) is 0.867. The van der Waals surface area contributed by atoms with Gasteiger partial charge in [-0.1, -0.05) is 30.3 Å². The van der Waals surface area contributed by atoms with Crippen molar-refractivity contribution in [2.45, 2.75) is 44.4 Å². The highest BCUT2D eigenvalue weighted by Gasteiger charge is 2.43. The van der Waals surface area contributed by atoms with E-state index in [2.05, 4.69) is 22.1 Å². The Morgan fingerprint density at radius 2 is 2.00 bits per heavy atom. The molecule has 0 aliphatic carbocycles. The van der Waals surface area contributed by atoms with Gasteiger partial charge in [0.2, 0.25) is 0 Å². The van der Waals surface area contributed by atoms with Crippen molar-refractivity contribution in [2.75, 3.05) is 26.2 Å². The fourth-order valence-corrected chi connectivity index (χ4v) is 4.69. The van der Waals surface area contributed by atoms with Crippen LogP contribution in [0.4, 0.5) is 0 Å². The summed E-state index contributed by atoms with van der Waals surface area (Å²) < 4.78 is 1.84. The van der Waals surface area contributed by atoms with Gasteiger partial charge in [-0.05, 0) is 24.8 Å². The first kappa shape index (κ1) is 20.1. The number of amides is 1. The predicted molar refractivity (Wildman–Crippen MR) is 109 cm³/mol. The molecule has 2 N–H and O–H groups in total. The standard InChI is InChI=1S/C22H30N4O3/c1-24-20-9-12-25(14-18(20)19(15-27)23-24)16-22(29)10-5-11-26(21(22)28)13-8-17-6-3-2-4-7-17/h2-4,6-7,27,29H,5,8-16H2,1H3/t22-/m0/s1. The van der Waals surface area contributed by atoms with Gasteiger partial charge >= 0.3 is 0 Å². The fraction of sp³-hybridized carbons (Fsp3) is 0.545. The number of aromatic nitrogens is 2. The van der Waals surface area contributed by atoms with Crippen LogP contribution >= 0.6 is 0 Å². The van der Waals surface area contributed by atoms with Crippen LogP contribution in [0, 0.1) is 0 Å². The molecule has 2 aliphatic rings. The maximum absolute atomic E-state index is 13.1. The summed E-state index contributed by atoms with van der Waals surface area (Å²) in [6.45, 7) is 2.96. The lowest BCUT2D eigenvalue weighted by molar-refractivity contribution is -0.159. The number of aliphatic hydroxyl groups is 2. The molecule has 1 saturated heterocycles. The molecule has 0 bridgehead atoms. The van der Waals surface area contributed by atoms with Crippen LogP contribution in [0.5, 0.6) is 0 Å². The Kier molecular flexibility index (Phi) is 5.72. The average molecular weight is 399 g/mol. The third kappa shape index (κ3) is 4.08. The lowest BCUT2D eigenvalue weighted by atomic mass is 9.90. The molecule has 7 nitrogen and oxygen atoms in total. The van der Waals surface area contributed by atoms with Crippen LogP contribution in [0.15, 0.2) is 30.3 Å². The molecule has 2 aliphatic heterocycles. The van der Waals surface area contributed by atoms with E-state index < -0.39 is 5.60 Å². The number of nitrogens with zero attached hydrogens (tertiary/aromatic N) is 4. The molecule has 156 valence electrons. The summed E-state index contributed by atoms with van der Waals surface area (Å²) >= 11 is 0. The van der Waals surface area contributed by atoms with Crippen LogP contribution in [0.2, 0.25) is 0 Å². The molecule has 1 atom stereocenters. The first-order chi connectivity index (χ1) is 14.0. The maximum Gasteiger partial charge on any atom is 0.255 e. The second-order valence-corrected chi connectivity index (χ2v) is 8.28. The number of benzene rings is 1. The molecule has 7 heteroatoms. The van der Waals surface area contributed by atoms with Crippen LogP contribution in [-0.2, 0) is 37.8 Å². The van der Waals surface area contributed by atoms with Crippen molar-refractivity contribution >= 4 is 5.91 Å². The summed E-state index contributed by atoms with van der Waals surface area (Å²) in [4.78, 5) is 17.0. The van der Waals surface area contributed by atoms with Gasteiger partial charge in [-0.15, -0.1) is 0 Å². The first-order valence-electron chi connectivity index (χ1n) is 10.4. The van der Waals surface area contributed by atoms with Gasteiger partial charge in [-0.25, -0.2) is 0 Å². The van der Waals surface area contributed by atoms with Gasteiger partial charge in [0.05, 0.1) is 12.3 Å². The minimum Gasteiger partial charge on any atom is -0.390 e. The van der Waals surface area contributed by atoms with Gasteiger partial charge in [-0.3, -0.25) is 14.4 Å². The normalized spacial score (nSPS) is 22.7. The smallest absolute Gasteiger partial charge is 0.255 e. The van der Waals surface area contributed by atoms with Crippen molar-refractivity contribution in [1.82, 2.24) is 19.6 Å². The van der Waals surface area contributed by atoms with E-state index in [0.29, 0.717) is 38.3 Å². The Morgan fingerprint density at radius 1 is 1.21 bits per heavy atom. The average Bonchev–Trinajstić information content (AvgIpc) is 3.05. The highest BCUT2D eigenvalue weighted by molar-refractivity contribution is 5.86. The van der Waals surface area contributed by atoms with E-state index in [0.717, 1.165) is 37.1 Å². The van der Waals surface area contributed by atoms with Gasteiger partial charge in [0, 0.05) is 57.4 Å². The number of fused-ring (bicyclic) bond motifs is 1. The van der Waals surface area contributed by atoms with Gasteiger partial charge < -0.3 is 15.1 Å². The minimum absolute atomic E-state index is 0.0898. The third-order valence-electron chi connectivity index (χ3n) is 6.26. The topological polar surface area (TPSA) is 81.8 Å². The van der Waals surface area contributed by atoms with Gasteiger partial charge in [0.25, 0.3) is 5.91 Å². The fourth-order valence-electron chi connectivity index (χ4n) is 4.69. The van der Waals surface area contributed by atoms with Crippen molar-refractivity contribution in [1.29, 1.82) is 0 Å². The zero-order valence-corrected chi connectivity index (χ0v) is 17.0. The zero-order chi connectivity index (χ0) is 20.4.